The molecule has 2 saturated heterocycles. The molecule has 2 heterocycles. The fourth-order valence-electron chi connectivity index (χ4n) is 2.46. The van der Waals surface area contributed by atoms with E-state index in [-0.39, 0.29) is 0 Å². The van der Waals surface area contributed by atoms with Crippen molar-refractivity contribution in [1.29, 1.82) is 0 Å². The smallest absolute Gasteiger partial charge is 0.0221 e. The van der Waals surface area contributed by atoms with Gasteiger partial charge in [-0.15, -0.1) is 0 Å². The van der Waals surface area contributed by atoms with Gasteiger partial charge in [0.25, 0.3) is 0 Å². The Bertz CT molecular complexity index is 147. The molecular formula is C10H20N2. The molecule has 0 radical (unpaired) electrons. The Balaban J connectivity index is 1.90. The summed E-state index contributed by atoms with van der Waals surface area (Å²) in [5, 5.41) is 3.63. The average Bonchev–Trinajstić information content (AvgIpc) is 2.17. The van der Waals surface area contributed by atoms with Crippen molar-refractivity contribution in [3.05, 3.63) is 0 Å². The molecule has 0 aromatic heterocycles. The number of piperazine rings is 1. The third-order valence-corrected chi connectivity index (χ3v) is 3.34. The monoisotopic (exact) mass is 168 g/mol. The molecule has 0 unspecified atom stereocenters. The van der Waals surface area contributed by atoms with Gasteiger partial charge in [0.05, 0.1) is 0 Å². The number of rotatable bonds is 1. The molecule has 2 aliphatic heterocycles. The summed E-state index contributed by atoms with van der Waals surface area (Å²) in [6, 6.07) is 1.63. The predicted octanol–water partition coefficient (Wildman–Crippen LogP) is 1.22. The molecule has 2 aliphatic rings. The first-order valence-electron chi connectivity index (χ1n) is 5.37. The second-order valence-electron chi connectivity index (χ2n) is 4.16. The van der Waals surface area contributed by atoms with E-state index in [1.807, 2.05) is 0 Å². The molecule has 0 saturated carbocycles. The summed E-state index contributed by atoms with van der Waals surface area (Å²) in [6.07, 6.45) is 5.57. The lowest BCUT2D eigenvalue weighted by atomic mass is 9.98. The summed E-state index contributed by atoms with van der Waals surface area (Å²) in [5.74, 6) is 0. The lowest BCUT2D eigenvalue weighted by molar-refractivity contribution is 0.0940. The fraction of sp³-hybridized carbons (Fsp3) is 1.00. The molecule has 0 aromatic rings. The number of nitrogens with zero attached hydrogens (tertiary/aromatic N) is 1. The Kier molecular flexibility index (Phi) is 2.66. The largest absolute Gasteiger partial charge is 0.311 e. The number of hydrogen-bond acceptors (Lipinski definition) is 2. The van der Waals surface area contributed by atoms with Crippen LogP contribution in [0.5, 0.6) is 0 Å². The highest BCUT2D eigenvalue weighted by Crippen LogP contribution is 2.19. The highest BCUT2D eigenvalue weighted by atomic mass is 15.2. The molecule has 0 aromatic carbocycles. The van der Waals surface area contributed by atoms with Crippen LogP contribution in [0, 0.1) is 0 Å². The highest BCUT2D eigenvalue weighted by molar-refractivity contribution is 4.87. The lowest BCUT2D eigenvalue weighted by Crippen LogP contribution is -2.57. The topological polar surface area (TPSA) is 15.3 Å². The number of nitrogens with one attached hydrogen (secondary N) is 1. The number of piperidine rings is 1. The lowest BCUT2D eigenvalue weighted by Gasteiger charge is -2.43. The zero-order valence-electron chi connectivity index (χ0n) is 8.05. The van der Waals surface area contributed by atoms with E-state index >= 15 is 0 Å². The molecule has 2 heteroatoms. The van der Waals surface area contributed by atoms with Crippen molar-refractivity contribution in [2.24, 2.45) is 0 Å². The van der Waals surface area contributed by atoms with Crippen molar-refractivity contribution in [3.63, 3.8) is 0 Å². The van der Waals surface area contributed by atoms with Crippen molar-refractivity contribution in [1.82, 2.24) is 10.2 Å². The van der Waals surface area contributed by atoms with Crippen LogP contribution in [0.25, 0.3) is 0 Å². The van der Waals surface area contributed by atoms with Gasteiger partial charge < -0.3 is 5.32 Å². The summed E-state index contributed by atoms with van der Waals surface area (Å²) in [6.45, 7) is 6.16. The van der Waals surface area contributed by atoms with E-state index in [0.717, 1.165) is 12.1 Å². The minimum absolute atomic E-state index is 0.763. The zero-order valence-corrected chi connectivity index (χ0v) is 8.05. The molecule has 0 aliphatic carbocycles. The van der Waals surface area contributed by atoms with Crippen LogP contribution in [0.2, 0.25) is 0 Å². The van der Waals surface area contributed by atoms with E-state index in [2.05, 4.69) is 17.1 Å². The molecule has 0 spiro atoms. The van der Waals surface area contributed by atoms with Gasteiger partial charge in [0.2, 0.25) is 0 Å². The third kappa shape index (κ3) is 1.64. The van der Waals surface area contributed by atoms with E-state index < -0.39 is 0 Å². The molecule has 2 rings (SSSR count). The van der Waals surface area contributed by atoms with Crippen LogP contribution in [0.1, 0.15) is 32.6 Å². The second-order valence-corrected chi connectivity index (χ2v) is 4.16. The Hall–Kier alpha value is -0.0800. The van der Waals surface area contributed by atoms with Gasteiger partial charge in [0.15, 0.2) is 0 Å². The summed E-state index contributed by atoms with van der Waals surface area (Å²) in [5.41, 5.74) is 0. The second kappa shape index (κ2) is 3.75. The van der Waals surface area contributed by atoms with Crippen molar-refractivity contribution >= 4 is 0 Å². The quantitative estimate of drug-likeness (QED) is 0.633. The molecule has 2 nitrogen and oxygen atoms in total. The van der Waals surface area contributed by atoms with Crippen LogP contribution in [0.3, 0.4) is 0 Å². The van der Waals surface area contributed by atoms with Gasteiger partial charge in [-0.25, -0.2) is 0 Å². The van der Waals surface area contributed by atoms with Gasteiger partial charge in [0.1, 0.15) is 0 Å². The summed E-state index contributed by atoms with van der Waals surface area (Å²) >= 11 is 0. The standard InChI is InChI=1S/C10H20N2/c1-2-9-8-12-6-4-3-5-10(12)7-11-9/h9-11H,2-8H2,1H3/t9-,10-/m0/s1. The van der Waals surface area contributed by atoms with E-state index in [0.29, 0.717) is 0 Å². The SMILES string of the molecule is CC[C@H]1CN2CCCC[C@H]2CN1. The Morgan fingerprint density at radius 1 is 1.42 bits per heavy atom. The van der Waals surface area contributed by atoms with E-state index in [1.165, 1.54) is 45.3 Å². The molecule has 12 heavy (non-hydrogen) atoms. The van der Waals surface area contributed by atoms with Gasteiger partial charge in [-0.05, 0) is 25.8 Å². The maximum atomic E-state index is 3.63. The highest BCUT2D eigenvalue weighted by Gasteiger charge is 2.28. The predicted molar refractivity (Wildman–Crippen MR) is 51.3 cm³/mol. The van der Waals surface area contributed by atoms with Crippen molar-refractivity contribution in [2.75, 3.05) is 19.6 Å². The fourth-order valence-corrected chi connectivity index (χ4v) is 2.46. The summed E-state index contributed by atoms with van der Waals surface area (Å²) in [7, 11) is 0. The molecule has 0 bridgehead atoms. The minimum Gasteiger partial charge on any atom is -0.311 e. The normalized spacial score (nSPS) is 37.8. The first-order valence-corrected chi connectivity index (χ1v) is 5.37. The van der Waals surface area contributed by atoms with Gasteiger partial charge in [-0.1, -0.05) is 13.3 Å². The van der Waals surface area contributed by atoms with Crippen LogP contribution in [0.15, 0.2) is 0 Å². The molecule has 70 valence electrons. The van der Waals surface area contributed by atoms with Crippen LogP contribution in [-0.4, -0.2) is 36.6 Å². The van der Waals surface area contributed by atoms with Gasteiger partial charge in [-0.3, -0.25) is 4.90 Å². The number of fused-ring (bicyclic) bond motifs is 1. The first kappa shape index (κ1) is 8.52. The van der Waals surface area contributed by atoms with Crippen molar-refractivity contribution in [2.45, 2.75) is 44.7 Å². The molecule has 0 amide bonds. The maximum absolute atomic E-state index is 3.63. The van der Waals surface area contributed by atoms with Gasteiger partial charge in [-0.2, -0.15) is 0 Å². The Morgan fingerprint density at radius 3 is 3.17 bits per heavy atom. The minimum atomic E-state index is 0.763. The van der Waals surface area contributed by atoms with E-state index in [4.69, 9.17) is 0 Å². The maximum Gasteiger partial charge on any atom is 0.0221 e. The third-order valence-electron chi connectivity index (χ3n) is 3.34. The van der Waals surface area contributed by atoms with Gasteiger partial charge >= 0.3 is 0 Å². The molecule has 1 N–H and O–H groups in total. The van der Waals surface area contributed by atoms with Crippen LogP contribution < -0.4 is 5.32 Å². The Labute approximate surface area is 75.3 Å². The molecular weight excluding hydrogens is 148 g/mol. The van der Waals surface area contributed by atoms with Gasteiger partial charge in [0, 0.05) is 25.2 Å². The van der Waals surface area contributed by atoms with Crippen molar-refractivity contribution in [3.8, 4) is 0 Å². The van der Waals surface area contributed by atoms with Crippen LogP contribution >= 0.6 is 0 Å². The van der Waals surface area contributed by atoms with Crippen LogP contribution in [-0.2, 0) is 0 Å². The average molecular weight is 168 g/mol. The van der Waals surface area contributed by atoms with Crippen LogP contribution in [0.4, 0.5) is 0 Å². The first-order chi connectivity index (χ1) is 5.90. The van der Waals surface area contributed by atoms with Crippen molar-refractivity contribution < 1.29 is 0 Å². The number of hydrogen-bond donors (Lipinski definition) is 1. The Morgan fingerprint density at radius 2 is 2.33 bits per heavy atom. The summed E-state index contributed by atoms with van der Waals surface area (Å²) in [4.78, 5) is 2.69. The summed E-state index contributed by atoms with van der Waals surface area (Å²) < 4.78 is 0. The van der Waals surface area contributed by atoms with E-state index in [9.17, 15) is 0 Å². The zero-order chi connectivity index (χ0) is 8.39. The van der Waals surface area contributed by atoms with E-state index in [1.54, 1.807) is 0 Å². The molecule has 2 atom stereocenters. The molecule has 2 fully saturated rings.